The van der Waals surface area contributed by atoms with Crippen LogP contribution in [0.5, 0.6) is 0 Å². The molecule has 1 aromatic carbocycles. The van der Waals surface area contributed by atoms with Gasteiger partial charge in [-0.05, 0) is 49.6 Å². The number of nitrogens with zero attached hydrogens (tertiary/aromatic N) is 2. The Balaban J connectivity index is 1.99. The first-order valence-corrected chi connectivity index (χ1v) is 7.56. The summed E-state index contributed by atoms with van der Waals surface area (Å²) in [5.41, 5.74) is 2.16. The molecule has 3 aromatic rings. The Bertz CT molecular complexity index is 690. The molecule has 0 spiro atoms. The van der Waals surface area contributed by atoms with Crippen LogP contribution in [0.3, 0.4) is 0 Å². The molecule has 2 aromatic heterocycles. The van der Waals surface area contributed by atoms with E-state index in [4.69, 9.17) is 4.42 Å². The van der Waals surface area contributed by atoms with E-state index < -0.39 is 0 Å². The molecule has 0 bridgehead atoms. The second-order valence-corrected chi connectivity index (χ2v) is 5.71. The van der Waals surface area contributed by atoms with Crippen LogP contribution in [0.15, 0.2) is 34.9 Å². The zero-order chi connectivity index (χ0) is 13.9. The Morgan fingerprint density at radius 1 is 1.35 bits per heavy atom. The number of nitrogens with one attached hydrogen (secondary N) is 1. The van der Waals surface area contributed by atoms with Gasteiger partial charge in [-0.1, -0.05) is 23.0 Å². The van der Waals surface area contributed by atoms with Crippen molar-refractivity contribution >= 4 is 22.5 Å². The van der Waals surface area contributed by atoms with Crippen LogP contribution in [0.1, 0.15) is 35.6 Å². The molecule has 2 heterocycles. The molecular formula is C15H17N3OS. The van der Waals surface area contributed by atoms with Crippen LogP contribution in [0.2, 0.25) is 0 Å². The number of aryl methyl sites for hydroxylation is 1. The van der Waals surface area contributed by atoms with Crippen molar-refractivity contribution in [1.82, 2.24) is 14.9 Å². The van der Waals surface area contributed by atoms with Gasteiger partial charge in [0.05, 0.1) is 11.1 Å². The molecule has 0 aliphatic rings. The highest BCUT2D eigenvalue weighted by molar-refractivity contribution is 7.05. The maximum atomic E-state index is 5.99. The molecule has 20 heavy (non-hydrogen) atoms. The minimum atomic E-state index is 0.0302. The molecule has 0 fully saturated rings. The summed E-state index contributed by atoms with van der Waals surface area (Å²) in [6.45, 7) is 5.17. The fourth-order valence-electron chi connectivity index (χ4n) is 2.26. The number of hydrogen-bond donors (Lipinski definition) is 1. The van der Waals surface area contributed by atoms with Gasteiger partial charge in [0.2, 0.25) is 0 Å². The van der Waals surface area contributed by atoms with Crippen LogP contribution < -0.4 is 5.32 Å². The van der Waals surface area contributed by atoms with Gasteiger partial charge in [-0.15, -0.1) is 5.10 Å². The lowest BCUT2D eigenvalue weighted by Gasteiger charge is -2.13. The van der Waals surface area contributed by atoms with Gasteiger partial charge in [0.1, 0.15) is 17.4 Å². The van der Waals surface area contributed by atoms with E-state index in [1.165, 1.54) is 17.1 Å². The lowest BCUT2D eigenvalue weighted by atomic mass is 10.1. The third kappa shape index (κ3) is 2.59. The van der Waals surface area contributed by atoms with Crippen LogP contribution in [0.25, 0.3) is 11.0 Å². The van der Waals surface area contributed by atoms with E-state index in [1.54, 1.807) is 6.20 Å². The molecule has 0 aliphatic heterocycles. The van der Waals surface area contributed by atoms with E-state index in [0.717, 1.165) is 34.6 Å². The molecular weight excluding hydrogens is 270 g/mol. The average Bonchev–Trinajstić information content (AvgIpc) is 3.08. The fraction of sp³-hybridized carbons (Fsp3) is 0.333. The minimum absolute atomic E-state index is 0.0302. The number of benzene rings is 1. The van der Waals surface area contributed by atoms with Gasteiger partial charge < -0.3 is 9.73 Å². The normalized spacial score (nSPS) is 12.9. The molecule has 0 aliphatic carbocycles. The van der Waals surface area contributed by atoms with Crippen molar-refractivity contribution in [3.05, 3.63) is 46.7 Å². The molecule has 5 heteroatoms. The van der Waals surface area contributed by atoms with Crippen LogP contribution >= 0.6 is 11.5 Å². The Morgan fingerprint density at radius 2 is 2.25 bits per heavy atom. The second kappa shape index (κ2) is 5.73. The number of hydrogen-bond acceptors (Lipinski definition) is 5. The van der Waals surface area contributed by atoms with Crippen molar-refractivity contribution in [2.24, 2.45) is 0 Å². The molecule has 1 atom stereocenters. The van der Waals surface area contributed by atoms with E-state index in [0.29, 0.717) is 0 Å². The van der Waals surface area contributed by atoms with Crippen molar-refractivity contribution in [3.8, 4) is 0 Å². The summed E-state index contributed by atoms with van der Waals surface area (Å²) in [7, 11) is 0. The first-order valence-electron chi connectivity index (χ1n) is 6.78. The second-order valence-electron chi connectivity index (χ2n) is 4.90. The summed E-state index contributed by atoms with van der Waals surface area (Å²) in [5.74, 6) is 0.921. The largest absolute Gasteiger partial charge is 0.459 e. The molecule has 4 nitrogen and oxygen atoms in total. The highest BCUT2D eigenvalue weighted by Gasteiger charge is 2.20. The molecule has 3 rings (SSSR count). The number of rotatable bonds is 5. The molecule has 1 unspecified atom stereocenters. The quantitative estimate of drug-likeness (QED) is 0.777. The highest BCUT2D eigenvalue weighted by atomic mass is 32.1. The maximum Gasteiger partial charge on any atom is 0.134 e. The van der Waals surface area contributed by atoms with E-state index >= 15 is 0 Å². The van der Waals surface area contributed by atoms with Gasteiger partial charge >= 0.3 is 0 Å². The van der Waals surface area contributed by atoms with Crippen LogP contribution in [-0.4, -0.2) is 16.1 Å². The molecule has 0 radical (unpaired) electrons. The average molecular weight is 287 g/mol. The van der Waals surface area contributed by atoms with Gasteiger partial charge in [-0.2, -0.15) is 0 Å². The molecule has 1 N–H and O–H groups in total. The number of aromatic nitrogens is 2. The standard InChI is InChI=1S/C15H17N3OS/c1-3-6-16-15(14-9-17-18-20-14)13-8-11-7-10(2)4-5-12(11)19-13/h4-5,7-9,15-16H,3,6H2,1-2H3. The fourth-order valence-corrected chi connectivity index (χ4v) is 2.85. The molecule has 0 amide bonds. The third-order valence-corrected chi connectivity index (χ3v) is 3.96. The third-order valence-electron chi connectivity index (χ3n) is 3.24. The Labute approximate surface area is 122 Å². The Hall–Kier alpha value is -1.72. The predicted octanol–water partition coefficient (Wildman–Crippen LogP) is 3.68. The first-order chi connectivity index (χ1) is 9.78. The zero-order valence-electron chi connectivity index (χ0n) is 11.6. The number of furan rings is 1. The lowest BCUT2D eigenvalue weighted by molar-refractivity contribution is 0.473. The summed E-state index contributed by atoms with van der Waals surface area (Å²) >= 11 is 1.41. The van der Waals surface area contributed by atoms with E-state index in [-0.39, 0.29) is 6.04 Å². The summed E-state index contributed by atoms with van der Waals surface area (Å²) in [5, 5.41) is 8.57. The van der Waals surface area contributed by atoms with Crippen LogP contribution in [0, 0.1) is 6.92 Å². The van der Waals surface area contributed by atoms with Gasteiger partial charge in [-0.3, -0.25) is 0 Å². The zero-order valence-corrected chi connectivity index (χ0v) is 12.4. The van der Waals surface area contributed by atoms with Gasteiger partial charge in [0.15, 0.2) is 0 Å². The van der Waals surface area contributed by atoms with Crippen molar-refractivity contribution in [2.45, 2.75) is 26.3 Å². The number of fused-ring (bicyclic) bond motifs is 1. The van der Waals surface area contributed by atoms with Crippen molar-refractivity contribution in [1.29, 1.82) is 0 Å². The lowest BCUT2D eigenvalue weighted by Crippen LogP contribution is -2.21. The molecule has 104 valence electrons. The summed E-state index contributed by atoms with van der Waals surface area (Å²) in [4.78, 5) is 1.08. The molecule has 0 saturated carbocycles. The van der Waals surface area contributed by atoms with Crippen molar-refractivity contribution in [3.63, 3.8) is 0 Å². The maximum absolute atomic E-state index is 5.99. The highest BCUT2D eigenvalue weighted by Crippen LogP contribution is 2.29. The smallest absolute Gasteiger partial charge is 0.134 e. The monoisotopic (exact) mass is 287 g/mol. The van der Waals surface area contributed by atoms with E-state index in [9.17, 15) is 0 Å². The first kappa shape index (κ1) is 13.3. The van der Waals surface area contributed by atoms with Crippen molar-refractivity contribution < 1.29 is 4.42 Å². The molecule has 0 saturated heterocycles. The van der Waals surface area contributed by atoms with Gasteiger partial charge in [-0.25, -0.2) is 0 Å². The minimum Gasteiger partial charge on any atom is -0.459 e. The van der Waals surface area contributed by atoms with Crippen LogP contribution in [0.4, 0.5) is 0 Å². The van der Waals surface area contributed by atoms with E-state index in [1.807, 2.05) is 6.07 Å². The van der Waals surface area contributed by atoms with Crippen molar-refractivity contribution in [2.75, 3.05) is 6.54 Å². The van der Waals surface area contributed by atoms with E-state index in [2.05, 4.69) is 47.0 Å². The Morgan fingerprint density at radius 3 is 3.00 bits per heavy atom. The summed E-state index contributed by atoms with van der Waals surface area (Å²) < 4.78 is 9.95. The summed E-state index contributed by atoms with van der Waals surface area (Å²) in [6, 6.07) is 8.37. The van der Waals surface area contributed by atoms with Gasteiger partial charge in [0.25, 0.3) is 0 Å². The predicted molar refractivity (Wildman–Crippen MR) is 81.0 cm³/mol. The summed E-state index contributed by atoms with van der Waals surface area (Å²) in [6.07, 6.45) is 2.87. The topological polar surface area (TPSA) is 51.0 Å². The SMILES string of the molecule is CCCNC(c1cc2cc(C)ccc2o1)c1cnns1. The van der Waals surface area contributed by atoms with Crippen LogP contribution in [-0.2, 0) is 0 Å². The van der Waals surface area contributed by atoms with Gasteiger partial charge in [0, 0.05) is 5.39 Å². The Kier molecular flexibility index (Phi) is 3.80.